The van der Waals surface area contributed by atoms with Crippen molar-refractivity contribution in [3.63, 3.8) is 0 Å². The number of nitrogens with zero attached hydrogens (tertiary/aromatic N) is 5. The third kappa shape index (κ3) is 7.82. The molecule has 4 heterocycles. The molecule has 0 bridgehead atoms. The van der Waals surface area contributed by atoms with Gasteiger partial charge in [0.2, 0.25) is 17.9 Å². The molecule has 2 aromatic carbocycles. The maximum absolute atomic E-state index is 14.9. The lowest BCUT2D eigenvalue weighted by molar-refractivity contribution is -0.274. The number of carbonyl (C=O) groups is 1. The van der Waals surface area contributed by atoms with Crippen molar-refractivity contribution < 1.29 is 45.7 Å². The van der Waals surface area contributed by atoms with E-state index in [0.29, 0.717) is 43.6 Å². The molecule has 0 radical (unpaired) electrons. The largest absolute Gasteiger partial charge is 0.573 e. The van der Waals surface area contributed by atoms with E-state index in [-0.39, 0.29) is 40.0 Å². The molecule has 0 aliphatic carbocycles. The van der Waals surface area contributed by atoms with Crippen molar-refractivity contribution in [2.24, 2.45) is 5.41 Å². The van der Waals surface area contributed by atoms with E-state index in [1.54, 1.807) is 13.0 Å². The molecule has 4 aromatic rings. The molecule has 2 aliphatic rings. The van der Waals surface area contributed by atoms with Crippen LogP contribution in [0.2, 0.25) is 0 Å². The monoisotopic (exact) mass is 719 g/mol. The van der Waals surface area contributed by atoms with Crippen LogP contribution in [0.25, 0.3) is 16.8 Å². The molecule has 2 aromatic heterocycles. The summed E-state index contributed by atoms with van der Waals surface area (Å²) in [4.78, 5) is 21.8. The molecule has 2 aliphatic heterocycles. The number of anilines is 2. The van der Waals surface area contributed by atoms with E-state index < -0.39 is 42.3 Å². The lowest BCUT2D eigenvalue weighted by Gasteiger charge is -2.43. The van der Waals surface area contributed by atoms with Gasteiger partial charge in [0, 0.05) is 37.0 Å². The van der Waals surface area contributed by atoms with Crippen LogP contribution in [0.15, 0.2) is 60.8 Å². The standard InChI is InChI=1S/C34H35F6N7O4/c1-3-26-32(18-24(42-26)30(48)49)10-13-46(14-11-32)27-17-28(44-31(41)43-27)50-29(33(35,36)37)23-8-7-21(16-25(23)47-12-9-19(2)45-47)20-5-4-6-22(15-20)51-34(38,39)40/h4-9,12,15-17,24,26,29,42H,3,10-11,13-14,18H2,1-2H3,(H,48,49)(H2,41,43,44)/t24?,26?,29-/m1/s1. The fourth-order valence-corrected chi connectivity index (χ4v) is 7.12. The van der Waals surface area contributed by atoms with Gasteiger partial charge in [0.05, 0.1) is 11.4 Å². The lowest BCUT2D eigenvalue weighted by atomic mass is 9.71. The highest BCUT2D eigenvalue weighted by Crippen LogP contribution is 2.46. The molecule has 2 unspecified atom stereocenters. The van der Waals surface area contributed by atoms with Gasteiger partial charge in [-0.2, -0.15) is 28.2 Å². The molecule has 1 spiro atoms. The summed E-state index contributed by atoms with van der Waals surface area (Å²) >= 11 is 0. The highest BCUT2D eigenvalue weighted by molar-refractivity contribution is 5.74. The first-order chi connectivity index (χ1) is 24.0. The van der Waals surface area contributed by atoms with Crippen LogP contribution in [-0.2, 0) is 4.79 Å². The molecule has 0 amide bonds. The number of carboxylic acids is 1. The van der Waals surface area contributed by atoms with Gasteiger partial charge in [-0.3, -0.25) is 4.79 Å². The second kappa shape index (κ2) is 13.6. The Hall–Kier alpha value is -5.06. The Balaban J connectivity index is 1.31. The summed E-state index contributed by atoms with van der Waals surface area (Å²) < 4.78 is 94.2. The predicted octanol–water partition coefficient (Wildman–Crippen LogP) is 6.61. The van der Waals surface area contributed by atoms with Gasteiger partial charge in [-0.25, -0.2) is 4.68 Å². The molecular formula is C34H35F6N7O4. The van der Waals surface area contributed by atoms with E-state index in [2.05, 4.69) is 25.1 Å². The Bertz CT molecular complexity index is 1890. The number of rotatable bonds is 9. The van der Waals surface area contributed by atoms with Crippen molar-refractivity contribution in [3.8, 4) is 28.4 Å². The van der Waals surface area contributed by atoms with Gasteiger partial charge in [0.1, 0.15) is 17.6 Å². The SMILES string of the molecule is CCC1NC(C(=O)O)CC12CCN(c1cc(O[C@H](c3ccc(-c4cccc(OC(F)(F)F)c4)cc3-n3ccc(C)n3)C(F)(F)F)nc(N)n1)CC2. The fraction of sp³-hybridized carbons (Fsp3) is 0.412. The van der Waals surface area contributed by atoms with Gasteiger partial charge in [0.25, 0.3) is 0 Å². The van der Waals surface area contributed by atoms with Crippen molar-refractivity contribution in [2.75, 3.05) is 23.7 Å². The zero-order chi connectivity index (χ0) is 36.7. The van der Waals surface area contributed by atoms with Crippen LogP contribution in [0.4, 0.5) is 38.1 Å². The van der Waals surface area contributed by atoms with E-state index in [4.69, 9.17) is 10.5 Å². The molecule has 3 atom stereocenters. The summed E-state index contributed by atoms with van der Waals surface area (Å²) in [7, 11) is 0. The summed E-state index contributed by atoms with van der Waals surface area (Å²) in [5.41, 5.74) is 6.41. The van der Waals surface area contributed by atoms with Crippen LogP contribution in [0.3, 0.4) is 0 Å². The number of carboxylic acid groups (broad SMARTS) is 1. The predicted molar refractivity (Wildman–Crippen MR) is 173 cm³/mol. The zero-order valence-electron chi connectivity index (χ0n) is 27.5. The summed E-state index contributed by atoms with van der Waals surface area (Å²) in [6.07, 6.45) is -8.51. The molecule has 4 N–H and O–H groups in total. The number of nitrogen functional groups attached to an aromatic ring is 1. The number of ether oxygens (including phenoxy) is 2. The van der Waals surface area contributed by atoms with Crippen LogP contribution in [-0.4, -0.2) is 68.5 Å². The highest BCUT2D eigenvalue weighted by Gasteiger charge is 2.50. The summed E-state index contributed by atoms with van der Waals surface area (Å²) in [6, 6.07) is 11.2. The normalized spacial score (nSPS) is 19.6. The second-order valence-electron chi connectivity index (χ2n) is 12.8. The van der Waals surface area contributed by atoms with Crippen molar-refractivity contribution in [1.82, 2.24) is 25.1 Å². The molecule has 2 saturated heterocycles. The van der Waals surface area contributed by atoms with Crippen molar-refractivity contribution in [1.29, 1.82) is 0 Å². The number of nitrogens with two attached hydrogens (primary N) is 1. The Morgan fingerprint density at radius 3 is 2.41 bits per heavy atom. The number of aromatic nitrogens is 4. The molecule has 0 saturated carbocycles. The molecule has 2 fully saturated rings. The number of piperidine rings is 1. The van der Waals surface area contributed by atoms with Gasteiger partial charge in [-0.15, -0.1) is 13.2 Å². The Labute approximate surface area is 288 Å². The first kappa shape index (κ1) is 35.8. The summed E-state index contributed by atoms with van der Waals surface area (Å²) in [5.74, 6) is -1.86. The van der Waals surface area contributed by atoms with Gasteiger partial charge in [-0.1, -0.05) is 31.2 Å². The minimum absolute atomic E-state index is 0.0129. The highest BCUT2D eigenvalue weighted by atomic mass is 19.4. The third-order valence-corrected chi connectivity index (χ3v) is 9.47. The molecule has 17 heteroatoms. The van der Waals surface area contributed by atoms with Crippen LogP contribution in [0, 0.1) is 12.3 Å². The molecule has 6 rings (SSSR count). The smallest absolute Gasteiger partial charge is 0.480 e. The molecule has 51 heavy (non-hydrogen) atoms. The maximum Gasteiger partial charge on any atom is 0.573 e. The fourth-order valence-electron chi connectivity index (χ4n) is 7.12. The van der Waals surface area contributed by atoms with E-state index in [9.17, 15) is 36.2 Å². The number of alkyl halides is 6. The van der Waals surface area contributed by atoms with Crippen molar-refractivity contribution in [2.45, 2.75) is 70.3 Å². The van der Waals surface area contributed by atoms with Crippen molar-refractivity contribution in [3.05, 3.63) is 72.1 Å². The van der Waals surface area contributed by atoms with Crippen molar-refractivity contribution >= 4 is 17.7 Å². The van der Waals surface area contributed by atoms with Crippen LogP contribution in [0.1, 0.15) is 50.0 Å². The van der Waals surface area contributed by atoms with E-state index in [1.165, 1.54) is 47.3 Å². The first-order valence-corrected chi connectivity index (χ1v) is 16.2. The quantitative estimate of drug-likeness (QED) is 0.162. The second-order valence-corrected chi connectivity index (χ2v) is 12.8. The summed E-state index contributed by atoms with van der Waals surface area (Å²) in [5, 5.41) is 17.1. The number of aryl methyl sites for hydroxylation is 1. The minimum Gasteiger partial charge on any atom is -0.480 e. The van der Waals surface area contributed by atoms with Crippen LogP contribution >= 0.6 is 0 Å². The summed E-state index contributed by atoms with van der Waals surface area (Å²) in [6.45, 7) is 4.57. The molecule has 11 nitrogen and oxygen atoms in total. The number of aliphatic carboxylic acids is 1. The Morgan fingerprint density at radius 2 is 1.78 bits per heavy atom. The maximum atomic E-state index is 14.9. The van der Waals surface area contributed by atoms with Gasteiger partial charge in [-0.05, 0) is 73.4 Å². The number of nitrogens with one attached hydrogen (secondary N) is 1. The van der Waals surface area contributed by atoms with E-state index in [1.807, 2.05) is 11.8 Å². The van der Waals surface area contributed by atoms with Crippen LogP contribution < -0.4 is 25.4 Å². The van der Waals surface area contributed by atoms with E-state index in [0.717, 1.165) is 18.6 Å². The Kier molecular flexibility index (Phi) is 9.52. The Morgan fingerprint density at radius 1 is 1.06 bits per heavy atom. The van der Waals surface area contributed by atoms with Gasteiger partial charge < -0.3 is 30.5 Å². The minimum atomic E-state index is -4.97. The number of halogens is 6. The number of hydrogen-bond acceptors (Lipinski definition) is 9. The number of hydrogen-bond donors (Lipinski definition) is 3. The topological polar surface area (TPSA) is 141 Å². The van der Waals surface area contributed by atoms with E-state index >= 15 is 0 Å². The molecular weight excluding hydrogens is 684 g/mol. The van der Waals surface area contributed by atoms with Gasteiger partial charge in [0.15, 0.2) is 0 Å². The molecule has 272 valence electrons. The van der Waals surface area contributed by atoms with Gasteiger partial charge >= 0.3 is 18.5 Å². The average molecular weight is 720 g/mol. The lowest BCUT2D eigenvalue weighted by Crippen LogP contribution is -2.46. The van der Waals surface area contributed by atoms with Crippen LogP contribution in [0.5, 0.6) is 11.6 Å². The average Bonchev–Trinajstić information content (AvgIpc) is 3.65. The third-order valence-electron chi connectivity index (χ3n) is 9.47. The first-order valence-electron chi connectivity index (χ1n) is 16.2. The zero-order valence-corrected chi connectivity index (χ0v) is 27.5. The number of benzene rings is 2.